The Morgan fingerprint density at radius 2 is 2.11 bits per heavy atom. The molecule has 2 heterocycles. The maximum absolute atomic E-state index is 11.6. The monoisotopic (exact) mass is 371 g/mol. The van der Waals surface area contributed by atoms with Crippen molar-refractivity contribution in [2.75, 3.05) is 35.5 Å². The molecule has 1 amide bonds. The zero-order valence-corrected chi connectivity index (χ0v) is 14.9. The van der Waals surface area contributed by atoms with Crippen molar-refractivity contribution < 1.29 is 9.90 Å². The van der Waals surface area contributed by atoms with E-state index in [2.05, 4.69) is 20.7 Å². The summed E-state index contributed by atoms with van der Waals surface area (Å²) in [5.74, 6) is 6.17. The Morgan fingerprint density at radius 1 is 1.37 bits per heavy atom. The molecule has 0 unspecified atom stereocenters. The molecule has 11 nitrogen and oxygen atoms in total. The number of nitrogens with zero attached hydrogens (tertiary/aromatic N) is 4. The molecule has 0 aliphatic rings. The van der Waals surface area contributed by atoms with Crippen molar-refractivity contribution in [2.45, 2.75) is 6.61 Å². The van der Waals surface area contributed by atoms with Crippen LogP contribution < -0.4 is 33.0 Å². The van der Waals surface area contributed by atoms with E-state index >= 15 is 0 Å². The minimum Gasteiger partial charge on any atom is -0.395 e. The molecule has 0 saturated heterocycles. The number of nitrogen functional groups attached to an aromatic ring is 1. The largest absolute Gasteiger partial charge is 0.395 e. The minimum absolute atomic E-state index is 0.182. The van der Waals surface area contributed by atoms with E-state index < -0.39 is 5.91 Å². The van der Waals surface area contributed by atoms with Crippen LogP contribution in [0.2, 0.25) is 0 Å². The van der Waals surface area contributed by atoms with Gasteiger partial charge in [-0.25, -0.2) is 10.8 Å². The fraction of sp³-hybridized carbons (Fsp3) is 0.188. The van der Waals surface area contributed by atoms with Gasteiger partial charge in [0.25, 0.3) is 5.91 Å². The lowest BCUT2D eigenvalue weighted by molar-refractivity contribution is 0.100. The Labute approximate surface area is 154 Å². The van der Waals surface area contributed by atoms with Crippen LogP contribution in [0.3, 0.4) is 0 Å². The van der Waals surface area contributed by atoms with Crippen LogP contribution in [0.4, 0.5) is 28.7 Å². The molecular formula is C16H21N9O2. The third-order valence-corrected chi connectivity index (χ3v) is 4.04. The first kappa shape index (κ1) is 18.2. The van der Waals surface area contributed by atoms with Crippen molar-refractivity contribution in [3.63, 3.8) is 0 Å². The van der Waals surface area contributed by atoms with Gasteiger partial charge >= 0.3 is 0 Å². The molecule has 0 aliphatic heterocycles. The minimum atomic E-state index is -0.634. The number of aliphatic hydroxyl groups is 1. The third-order valence-electron chi connectivity index (χ3n) is 4.04. The van der Waals surface area contributed by atoms with Crippen molar-refractivity contribution >= 4 is 40.3 Å². The predicted octanol–water partition coefficient (Wildman–Crippen LogP) is -0.00210. The third kappa shape index (κ3) is 3.28. The molecule has 0 saturated carbocycles. The van der Waals surface area contributed by atoms with Gasteiger partial charge in [0, 0.05) is 20.2 Å². The van der Waals surface area contributed by atoms with Crippen molar-refractivity contribution in [1.29, 1.82) is 0 Å². The quantitative estimate of drug-likeness (QED) is 0.198. The maximum Gasteiger partial charge on any atom is 0.254 e. The summed E-state index contributed by atoms with van der Waals surface area (Å²) in [6, 6.07) is 5.08. The number of anilines is 5. The van der Waals surface area contributed by atoms with E-state index in [1.807, 2.05) is 0 Å². The summed E-state index contributed by atoms with van der Waals surface area (Å²) in [5.41, 5.74) is 14.1. The number of hydrogen-bond donors (Lipinski definition) is 6. The fourth-order valence-corrected chi connectivity index (χ4v) is 2.70. The van der Waals surface area contributed by atoms with E-state index in [1.165, 1.54) is 15.7 Å². The first-order valence-electron chi connectivity index (χ1n) is 8.00. The highest BCUT2D eigenvalue weighted by Gasteiger charge is 2.16. The number of nitrogens with two attached hydrogens (primary N) is 3. The van der Waals surface area contributed by atoms with Gasteiger partial charge in [-0.2, -0.15) is 9.61 Å². The lowest BCUT2D eigenvalue weighted by Crippen LogP contribution is -2.26. The number of primary amides is 1. The van der Waals surface area contributed by atoms with Gasteiger partial charge in [0.15, 0.2) is 5.65 Å². The van der Waals surface area contributed by atoms with Gasteiger partial charge in [0.05, 0.1) is 29.9 Å². The molecule has 0 bridgehead atoms. The van der Waals surface area contributed by atoms with Gasteiger partial charge in [-0.1, -0.05) is 0 Å². The number of aliphatic hydroxyl groups excluding tert-OH is 1. The summed E-state index contributed by atoms with van der Waals surface area (Å²) in [6.45, 7) is -0.182. The summed E-state index contributed by atoms with van der Waals surface area (Å²) in [6.07, 6.45) is 1.36. The van der Waals surface area contributed by atoms with Crippen LogP contribution in [0.1, 0.15) is 15.9 Å². The molecule has 0 radical (unpaired) electrons. The van der Waals surface area contributed by atoms with Crippen LogP contribution in [0.15, 0.2) is 24.4 Å². The molecule has 1 aromatic carbocycles. The molecule has 142 valence electrons. The van der Waals surface area contributed by atoms with Crippen LogP contribution in [-0.4, -0.2) is 39.7 Å². The molecular weight excluding hydrogens is 350 g/mol. The molecule has 3 aromatic rings. The van der Waals surface area contributed by atoms with Crippen LogP contribution in [0, 0.1) is 0 Å². The predicted molar refractivity (Wildman–Crippen MR) is 104 cm³/mol. The molecule has 11 heteroatoms. The van der Waals surface area contributed by atoms with E-state index in [-0.39, 0.29) is 12.2 Å². The highest BCUT2D eigenvalue weighted by Crippen LogP contribution is 2.33. The molecule has 9 N–H and O–H groups in total. The Balaban J connectivity index is 2.13. The van der Waals surface area contributed by atoms with Gasteiger partial charge in [0.1, 0.15) is 17.2 Å². The lowest BCUT2D eigenvalue weighted by atomic mass is 10.1. The van der Waals surface area contributed by atoms with E-state index in [4.69, 9.17) is 17.3 Å². The number of rotatable bonds is 6. The van der Waals surface area contributed by atoms with Gasteiger partial charge in [0.2, 0.25) is 0 Å². The van der Waals surface area contributed by atoms with Gasteiger partial charge < -0.3 is 32.2 Å². The number of benzene rings is 1. The molecule has 0 aliphatic carbocycles. The second-order valence-electron chi connectivity index (χ2n) is 5.90. The summed E-state index contributed by atoms with van der Waals surface area (Å²) in [4.78, 5) is 16.0. The molecule has 27 heavy (non-hydrogen) atoms. The van der Waals surface area contributed by atoms with E-state index in [0.717, 1.165) is 0 Å². The van der Waals surface area contributed by atoms with Crippen LogP contribution in [0.5, 0.6) is 0 Å². The standard InChI is InChI=1S/C16H21N9O2/c1-20-13-5-12(23-16-9(15(18)27)6-21-25(13)16)22-10-3-8(7-26)4-11(14(10)17)24(2)19/h3-6,20,26H,7,17,19H2,1-2H3,(H2,18,27)(H,22,23). The number of fused-ring (bicyclic) bond motifs is 1. The van der Waals surface area contributed by atoms with Gasteiger partial charge in [-0.15, -0.1) is 0 Å². The van der Waals surface area contributed by atoms with Crippen molar-refractivity contribution in [3.05, 3.63) is 35.5 Å². The van der Waals surface area contributed by atoms with Crippen LogP contribution >= 0.6 is 0 Å². The zero-order valence-electron chi connectivity index (χ0n) is 14.9. The highest BCUT2D eigenvalue weighted by atomic mass is 16.3. The van der Waals surface area contributed by atoms with E-state index in [0.29, 0.717) is 39.9 Å². The average molecular weight is 371 g/mol. The summed E-state index contributed by atoms with van der Waals surface area (Å²) in [7, 11) is 3.36. The zero-order chi connectivity index (χ0) is 19.7. The Hall–Kier alpha value is -3.57. The van der Waals surface area contributed by atoms with E-state index in [9.17, 15) is 9.90 Å². The summed E-state index contributed by atoms with van der Waals surface area (Å²) in [5, 5.41) is 21.1. The highest BCUT2D eigenvalue weighted by molar-refractivity contribution is 5.99. The number of hydrogen-bond acceptors (Lipinski definition) is 9. The normalized spacial score (nSPS) is 10.8. The Kier molecular flexibility index (Phi) is 4.71. The van der Waals surface area contributed by atoms with Crippen molar-refractivity contribution in [2.24, 2.45) is 11.6 Å². The maximum atomic E-state index is 11.6. The summed E-state index contributed by atoms with van der Waals surface area (Å²) >= 11 is 0. The van der Waals surface area contributed by atoms with Gasteiger partial charge in [-0.05, 0) is 17.7 Å². The van der Waals surface area contributed by atoms with Crippen molar-refractivity contribution in [1.82, 2.24) is 14.6 Å². The second kappa shape index (κ2) is 6.97. The summed E-state index contributed by atoms with van der Waals surface area (Å²) < 4.78 is 1.47. The van der Waals surface area contributed by atoms with Crippen LogP contribution in [-0.2, 0) is 6.61 Å². The molecule has 0 spiro atoms. The van der Waals surface area contributed by atoms with Crippen LogP contribution in [0.25, 0.3) is 5.65 Å². The van der Waals surface area contributed by atoms with E-state index in [1.54, 1.807) is 32.3 Å². The number of carbonyl (C=O) groups is 1. The molecule has 0 fully saturated rings. The average Bonchev–Trinajstić information content (AvgIpc) is 3.06. The molecule has 2 aromatic heterocycles. The smallest absolute Gasteiger partial charge is 0.254 e. The van der Waals surface area contributed by atoms with Gasteiger partial charge in [-0.3, -0.25) is 4.79 Å². The number of carbonyl (C=O) groups excluding carboxylic acids is 1. The van der Waals surface area contributed by atoms with Crippen molar-refractivity contribution in [3.8, 4) is 0 Å². The lowest BCUT2D eigenvalue weighted by Gasteiger charge is -2.20. The Bertz CT molecular complexity index is 1010. The molecule has 3 rings (SSSR count). The number of hydrazine groups is 1. The fourth-order valence-electron chi connectivity index (χ4n) is 2.70. The topological polar surface area (TPSA) is 173 Å². The Morgan fingerprint density at radius 3 is 2.70 bits per heavy atom. The SMILES string of the molecule is CNc1cc(Nc2cc(CO)cc(N(C)N)c2N)nc2c(C(N)=O)cnn12. The number of amides is 1. The second-order valence-corrected chi connectivity index (χ2v) is 5.90. The number of aromatic nitrogens is 3. The number of nitrogens with one attached hydrogen (secondary N) is 2. The first-order chi connectivity index (χ1) is 12.8. The molecule has 0 atom stereocenters. The first-order valence-corrected chi connectivity index (χ1v) is 8.00.